The van der Waals surface area contributed by atoms with E-state index in [-0.39, 0.29) is 10.3 Å². The van der Waals surface area contributed by atoms with Crippen LogP contribution in [-0.2, 0) is 14.8 Å². The summed E-state index contributed by atoms with van der Waals surface area (Å²) >= 11 is 7.46. The molecule has 0 unspecified atom stereocenters. The lowest BCUT2D eigenvalue weighted by Crippen LogP contribution is -2.50. The average molecular weight is 597 g/mol. The Morgan fingerprint density at radius 2 is 1.73 bits per heavy atom. The molecule has 0 bridgehead atoms. The molecule has 11 heteroatoms. The van der Waals surface area contributed by atoms with E-state index in [2.05, 4.69) is 4.90 Å². The average Bonchev–Trinajstić information content (AvgIpc) is 3.50. The van der Waals surface area contributed by atoms with Crippen LogP contribution >= 0.6 is 22.9 Å². The molecule has 208 valence electrons. The van der Waals surface area contributed by atoms with Crippen LogP contribution < -0.4 is 4.90 Å². The van der Waals surface area contributed by atoms with Crippen LogP contribution in [0.3, 0.4) is 0 Å². The summed E-state index contributed by atoms with van der Waals surface area (Å²) in [5.74, 6) is 0.700. The van der Waals surface area contributed by atoms with Crippen LogP contribution in [0, 0.1) is 6.92 Å². The minimum Gasteiger partial charge on any atom is -0.444 e. The second kappa shape index (κ2) is 9.64. The number of rotatable bonds is 3. The third-order valence-corrected chi connectivity index (χ3v) is 10.8. The summed E-state index contributed by atoms with van der Waals surface area (Å²) < 4.78 is 36.5. The lowest BCUT2D eigenvalue weighted by Gasteiger charge is -2.36. The number of carbonyl (C=O) groups excluding carboxylic acids is 1. The van der Waals surface area contributed by atoms with Crippen molar-refractivity contribution < 1.29 is 17.9 Å². The van der Waals surface area contributed by atoms with Crippen molar-refractivity contribution in [2.24, 2.45) is 0 Å². The van der Waals surface area contributed by atoms with Gasteiger partial charge < -0.3 is 14.5 Å². The summed E-state index contributed by atoms with van der Waals surface area (Å²) in [6.45, 7) is 9.44. The lowest BCUT2D eigenvalue weighted by atomic mass is 10.1. The van der Waals surface area contributed by atoms with Crippen molar-refractivity contribution in [3.8, 4) is 0 Å². The fourth-order valence-electron chi connectivity index (χ4n) is 5.18. The molecule has 0 radical (unpaired) electrons. The molecular formula is C29H29ClN4O4S2. The SMILES string of the molecule is Cc1c(S(=O)(=O)n2ccc3c(N4CCN(C(=O)OC(C)(C)C)CC4)nc4ccccc4c32)sc2ccc(Cl)cc12. The highest BCUT2D eigenvalue weighted by atomic mass is 35.5. The number of hydrogen-bond donors (Lipinski definition) is 0. The van der Waals surface area contributed by atoms with Gasteiger partial charge in [0.2, 0.25) is 0 Å². The highest BCUT2D eigenvalue weighted by Crippen LogP contribution is 2.40. The van der Waals surface area contributed by atoms with E-state index in [0.29, 0.717) is 53.6 Å². The highest BCUT2D eigenvalue weighted by Gasteiger charge is 2.30. The van der Waals surface area contributed by atoms with Gasteiger partial charge in [-0.3, -0.25) is 0 Å². The predicted octanol–water partition coefficient (Wildman–Crippen LogP) is 6.66. The molecule has 8 nitrogen and oxygen atoms in total. The van der Waals surface area contributed by atoms with Gasteiger partial charge in [0.1, 0.15) is 15.6 Å². The van der Waals surface area contributed by atoms with Crippen LogP contribution in [0.15, 0.2) is 58.9 Å². The molecule has 0 N–H and O–H groups in total. The van der Waals surface area contributed by atoms with Crippen LogP contribution in [0.2, 0.25) is 5.02 Å². The largest absolute Gasteiger partial charge is 0.444 e. The standard InChI is InChI=1S/C29H29ClN4O4S2/c1-18-22-17-19(30)9-10-24(22)39-27(18)40(36,37)34-12-11-21-25(34)20-7-5-6-8-23(20)31-26(21)32-13-15-33(16-14-32)28(35)38-29(2,3)4/h5-12,17H,13-16H2,1-4H3. The number of ether oxygens (including phenoxy) is 1. The summed E-state index contributed by atoms with van der Waals surface area (Å²) in [7, 11) is -3.93. The van der Waals surface area contributed by atoms with Gasteiger partial charge in [-0.25, -0.2) is 13.8 Å². The van der Waals surface area contributed by atoms with E-state index in [1.165, 1.54) is 15.3 Å². The van der Waals surface area contributed by atoms with Gasteiger partial charge in [-0.05, 0) is 69.0 Å². The van der Waals surface area contributed by atoms with E-state index < -0.39 is 15.6 Å². The van der Waals surface area contributed by atoms with Crippen LogP contribution in [0.4, 0.5) is 10.6 Å². The quantitative estimate of drug-likeness (QED) is 0.231. The summed E-state index contributed by atoms with van der Waals surface area (Å²) in [5, 5.41) is 2.90. The van der Waals surface area contributed by atoms with E-state index in [1.54, 1.807) is 17.2 Å². The molecule has 1 saturated heterocycles. The fraction of sp³-hybridized carbons (Fsp3) is 0.310. The summed E-state index contributed by atoms with van der Waals surface area (Å²) in [5.41, 5.74) is 1.41. The van der Waals surface area contributed by atoms with Gasteiger partial charge >= 0.3 is 6.09 Å². The fourth-order valence-corrected chi connectivity index (χ4v) is 8.54. The van der Waals surface area contributed by atoms with E-state index in [0.717, 1.165) is 20.9 Å². The molecule has 4 heterocycles. The van der Waals surface area contributed by atoms with Crippen molar-refractivity contribution in [3.63, 3.8) is 0 Å². The number of amides is 1. The monoisotopic (exact) mass is 596 g/mol. The van der Waals surface area contributed by atoms with Gasteiger partial charge in [-0.2, -0.15) is 8.42 Å². The second-order valence-electron chi connectivity index (χ2n) is 10.9. The van der Waals surface area contributed by atoms with Crippen LogP contribution in [0.5, 0.6) is 0 Å². The molecule has 2 aromatic carbocycles. The number of nitrogens with zero attached hydrogens (tertiary/aromatic N) is 4. The van der Waals surface area contributed by atoms with Crippen molar-refractivity contribution in [1.29, 1.82) is 0 Å². The Morgan fingerprint density at radius 1 is 1.00 bits per heavy atom. The molecule has 3 aromatic heterocycles. The number of anilines is 1. The number of carbonyl (C=O) groups is 1. The Kier molecular flexibility index (Phi) is 6.47. The molecule has 1 amide bonds. The maximum absolute atomic E-state index is 14.2. The molecule has 0 atom stereocenters. The number of aromatic nitrogens is 2. The number of halogens is 1. The Bertz CT molecular complexity index is 1900. The molecule has 1 aliphatic rings. The molecule has 40 heavy (non-hydrogen) atoms. The van der Waals surface area contributed by atoms with Gasteiger partial charge in [0.15, 0.2) is 0 Å². The molecule has 1 aliphatic heterocycles. The van der Waals surface area contributed by atoms with Crippen molar-refractivity contribution in [2.45, 2.75) is 37.5 Å². The van der Waals surface area contributed by atoms with Crippen molar-refractivity contribution in [1.82, 2.24) is 13.9 Å². The maximum atomic E-state index is 14.2. The third kappa shape index (κ3) is 4.57. The van der Waals surface area contributed by atoms with E-state index in [9.17, 15) is 13.2 Å². The number of piperazine rings is 1. The van der Waals surface area contributed by atoms with E-state index in [4.69, 9.17) is 21.3 Å². The molecule has 0 aliphatic carbocycles. The minimum absolute atomic E-state index is 0.288. The Hall–Kier alpha value is -3.34. The predicted molar refractivity (Wildman–Crippen MR) is 161 cm³/mol. The number of fused-ring (bicyclic) bond motifs is 4. The van der Waals surface area contributed by atoms with Crippen molar-refractivity contribution in [3.05, 3.63) is 65.3 Å². The number of benzene rings is 2. The molecule has 0 spiro atoms. The van der Waals surface area contributed by atoms with E-state index in [1.807, 2.05) is 70.2 Å². The van der Waals surface area contributed by atoms with Gasteiger partial charge in [0.05, 0.1) is 11.0 Å². The number of pyridine rings is 1. The maximum Gasteiger partial charge on any atom is 0.410 e. The van der Waals surface area contributed by atoms with Gasteiger partial charge in [0.25, 0.3) is 10.0 Å². The smallest absolute Gasteiger partial charge is 0.410 e. The Balaban J connectivity index is 1.43. The highest BCUT2D eigenvalue weighted by molar-refractivity contribution is 7.92. The van der Waals surface area contributed by atoms with Gasteiger partial charge in [0, 0.05) is 52.9 Å². The lowest BCUT2D eigenvalue weighted by molar-refractivity contribution is 0.0240. The topological polar surface area (TPSA) is 84.7 Å². The first kappa shape index (κ1) is 26.9. The number of para-hydroxylation sites is 1. The summed E-state index contributed by atoms with van der Waals surface area (Å²) in [6.07, 6.45) is 1.28. The third-order valence-electron chi connectivity index (χ3n) is 7.06. The zero-order chi connectivity index (χ0) is 28.4. The van der Waals surface area contributed by atoms with Crippen LogP contribution in [0.1, 0.15) is 26.3 Å². The molecule has 5 aromatic rings. The normalized spacial score (nSPS) is 14.9. The first-order valence-corrected chi connectivity index (χ1v) is 15.6. The zero-order valence-corrected chi connectivity index (χ0v) is 25.0. The Labute approximate surface area is 241 Å². The van der Waals surface area contributed by atoms with Gasteiger partial charge in [-0.1, -0.05) is 29.8 Å². The molecule has 6 rings (SSSR count). The van der Waals surface area contributed by atoms with Crippen molar-refractivity contribution in [2.75, 3.05) is 31.1 Å². The minimum atomic E-state index is -3.93. The molecule has 0 saturated carbocycles. The van der Waals surface area contributed by atoms with Crippen LogP contribution in [0.25, 0.3) is 31.9 Å². The van der Waals surface area contributed by atoms with Crippen molar-refractivity contribution >= 4 is 76.8 Å². The number of aryl methyl sites for hydroxylation is 1. The zero-order valence-electron chi connectivity index (χ0n) is 22.6. The first-order chi connectivity index (χ1) is 18.9. The van der Waals surface area contributed by atoms with Gasteiger partial charge in [-0.15, -0.1) is 11.3 Å². The van der Waals surface area contributed by atoms with E-state index >= 15 is 0 Å². The number of thiophene rings is 1. The molecular weight excluding hydrogens is 568 g/mol. The second-order valence-corrected chi connectivity index (χ2v) is 14.4. The van der Waals surface area contributed by atoms with Crippen LogP contribution in [-0.4, -0.2) is 60.1 Å². The summed E-state index contributed by atoms with van der Waals surface area (Å²) in [6, 6.07) is 14.8. The number of hydrogen-bond acceptors (Lipinski definition) is 7. The molecule has 1 fully saturated rings. The first-order valence-electron chi connectivity index (χ1n) is 13.0. The Morgan fingerprint density at radius 3 is 2.45 bits per heavy atom. The summed E-state index contributed by atoms with van der Waals surface area (Å²) in [4.78, 5) is 21.4.